The molecule has 1 spiro atoms. The SMILES string of the molecule is NC1CC12CC=C(c1cc([N+](=O)[O-])ccc1F)CC2. The third-order valence-electron chi connectivity index (χ3n) is 4.41. The number of nitrogens with zero attached hydrogens (tertiary/aromatic N) is 1. The second kappa shape index (κ2) is 4.13. The van der Waals surface area contributed by atoms with E-state index in [9.17, 15) is 14.5 Å². The van der Waals surface area contributed by atoms with Crippen molar-refractivity contribution in [2.75, 3.05) is 0 Å². The number of nitro groups is 1. The van der Waals surface area contributed by atoms with Crippen LogP contribution in [0.2, 0.25) is 0 Å². The summed E-state index contributed by atoms with van der Waals surface area (Å²) in [5, 5.41) is 10.8. The van der Waals surface area contributed by atoms with E-state index in [0.29, 0.717) is 5.56 Å². The lowest BCUT2D eigenvalue weighted by Gasteiger charge is -2.22. The van der Waals surface area contributed by atoms with Gasteiger partial charge in [-0.3, -0.25) is 10.1 Å². The first-order chi connectivity index (χ1) is 9.02. The minimum absolute atomic E-state index is 0.0688. The number of hydrogen-bond donors (Lipinski definition) is 1. The zero-order valence-electron chi connectivity index (χ0n) is 10.4. The predicted molar refractivity (Wildman–Crippen MR) is 69.9 cm³/mol. The molecular weight excluding hydrogens is 247 g/mol. The third-order valence-corrected chi connectivity index (χ3v) is 4.41. The van der Waals surface area contributed by atoms with Crippen LogP contribution in [-0.2, 0) is 0 Å². The molecule has 2 N–H and O–H groups in total. The molecule has 0 bridgehead atoms. The average molecular weight is 262 g/mol. The molecule has 4 nitrogen and oxygen atoms in total. The van der Waals surface area contributed by atoms with Crippen molar-refractivity contribution < 1.29 is 9.31 Å². The van der Waals surface area contributed by atoms with Crippen molar-refractivity contribution in [2.24, 2.45) is 11.1 Å². The molecule has 5 heteroatoms. The average Bonchev–Trinajstić information content (AvgIpc) is 3.00. The van der Waals surface area contributed by atoms with Crippen molar-refractivity contribution in [1.82, 2.24) is 0 Å². The summed E-state index contributed by atoms with van der Waals surface area (Å²) in [6.45, 7) is 0. The Balaban J connectivity index is 1.90. The number of non-ortho nitro benzene ring substituents is 1. The predicted octanol–water partition coefficient (Wildman–Crippen LogP) is 3.02. The van der Waals surface area contributed by atoms with Crippen LogP contribution in [0.3, 0.4) is 0 Å². The molecule has 1 fully saturated rings. The van der Waals surface area contributed by atoms with Gasteiger partial charge in [0.05, 0.1) is 4.92 Å². The quantitative estimate of drug-likeness (QED) is 0.658. The molecular formula is C14H15FN2O2. The molecule has 2 aliphatic rings. The maximum Gasteiger partial charge on any atom is 0.270 e. The molecule has 2 unspecified atom stereocenters. The van der Waals surface area contributed by atoms with Gasteiger partial charge in [0.25, 0.3) is 5.69 Å². The van der Waals surface area contributed by atoms with Crippen molar-refractivity contribution in [1.29, 1.82) is 0 Å². The van der Waals surface area contributed by atoms with Gasteiger partial charge in [0, 0.05) is 23.7 Å². The first kappa shape index (κ1) is 12.3. The molecule has 1 aromatic carbocycles. The van der Waals surface area contributed by atoms with Gasteiger partial charge < -0.3 is 5.73 Å². The van der Waals surface area contributed by atoms with Gasteiger partial charge in [-0.15, -0.1) is 0 Å². The number of allylic oxidation sites excluding steroid dienone is 2. The maximum absolute atomic E-state index is 13.8. The van der Waals surface area contributed by atoms with E-state index >= 15 is 0 Å². The molecule has 3 rings (SSSR count). The lowest BCUT2D eigenvalue weighted by Crippen LogP contribution is -2.16. The summed E-state index contributed by atoms with van der Waals surface area (Å²) in [7, 11) is 0. The maximum atomic E-state index is 13.8. The van der Waals surface area contributed by atoms with Crippen molar-refractivity contribution in [3.05, 3.63) is 45.8 Å². The van der Waals surface area contributed by atoms with Crippen LogP contribution in [0, 0.1) is 21.3 Å². The highest BCUT2D eigenvalue weighted by Crippen LogP contribution is 2.55. The lowest BCUT2D eigenvalue weighted by molar-refractivity contribution is -0.384. The molecule has 0 aromatic heterocycles. The second-order valence-corrected chi connectivity index (χ2v) is 5.53. The molecule has 0 aliphatic heterocycles. The summed E-state index contributed by atoms with van der Waals surface area (Å²) >= 11 is 0. The topological polar surface area (TPSA) is 69.2 Å². The molecule has 2 aliphatic carbocycles. The fraction of sp³-hybridized carbons (Fsp3) is 0.429. The van der Waals surface area contributed by atoms with Crippen molar-refractivity contribution in [2.45, 2.75) is 31.7 Å². The summed E-state index contributed by atoms with van der Waals surface area (Å²) in [6.07, 6.45) is 5.58. The van der Waals surface area contributed by atoms with E-state index in [2.05, 4.69) is 0 Å². The van der Waals surface area contributed by atoms with Crippen LogP contribution in [-0.4, -0.2) is 11.0 Å². The first-order valence-corrected chi connectivity index (χ1v) is 6.41. The highest BCUT2D eigenvalue weighted by Gasteiger charge is 2.51. The molecule has 0 saturated heterocycles. The van der Waals surface area contributed by atoms with E-state index in [1.807, 2.05) is 6.08 Å². The second-order valence-electron chi connectivity index (χ2n) is 5.53. The molecule has 100 valence electrons. The van der Waals surface area contributed by atoms with Crippen LogP contribution in [0.1, 0.15) is 31.2 Å². The Hall–Kier alpha value is -1.75. The fourth-order valence-electron chi connectivity index (χ4n) is 2.93. The normalized spacial score (nSPS) is 29.2. The van der Waals surface area contributed by atoms with Gasteiger partial charge in [-0.05, 0) is 42.7 Å². The van der Waals surface area contributed by atoms with Gasteiger partial charge in [-0.25, -0.2) is 4.39 Å². The van der Waals surface area contributed by atoms with Crippen molar-refractivity contribution in [3.8, 4) is 0 Å². The summed E-state index contributed by atoms with van der Waals surface area (Å²) in [5.74, 6) is -0.395. The molecule has 1 saturated carbocycles. The van der Waals surface area contributed by atoms with E-state index in [0.717, 1.165) is 31.3 Å². The van der Waals surface area contributed by atoms with Crippen molar-refractivity contribution in [3.63, 3.8) is 0 Å². The molecule has 0 heterocycles. The van der Waals surface area contributed by atoms with Gasteiger partial charge in [0.2, 0.25) is 0 Å². The minimum atomic E-state index is -0.495. The minimum Gasteiger partial charge on any atom is -0.327 e. The van der Waals surface area contributed by atoms with E-state index in [1.165, 1.54) is 18.2 Å². The highest BCUT2D eigenvalue weighted by molar-refractivity contribution is 5.69. The van der Waals surface area contributed by atoms with Gasteiger partial charge in [0.15, 0.2) is 0 Å². The van der Waals surface area contributed by atoms with Gasteiger partial charge >= 0.3 is 0 Å². The molecule has 0 amide bonds. The van der Waals surface area contributed by atoms with Crippen LogP contribution in [0.5, 0.6) is 0 Å². The lowest BCUT2D eigenvalue weighted by atomic mass is 9.83. The first-order valence-electron chi connectivity index (χ1n) is 6.41. The smallest absolute Gasteiger partial charge is 0.270 e. The van der Waals surface area contributed by atoms with Gasteiger partial charge in [0.1, 0.15) is 5.82 Å². The van der Waals surface area contributed by atoms with Gasteiger partial charge in [-0.1, -0.05) is 6.08 Å². The summed E-state index contributed by atoms with van der Waals surface area (Å²) in [4.78, 5) is 10.3. The van der Waals surface area contributed by atoms with Crippen LogP contribution in [0.4, 0.5) is 10.1 Å². The molecule has 1 aromatic rings. The standard InChI is InChI=1S/C14H15FN2O2/c15-12-2-1-10(17(18)19)7-11(12)9-3-5-14(6-4-9)8-13(14)16/h1-3,7,13H,4-6,8,16H2. The Morgan fingerprint density at radius 3 is 2.74 bits per heavy atom. The summed E-state index contributed by atoms with van der Waals surface area (Å²) < 4.78 is 13.8. The number of hydrogen-bond acceptors (Lipinski definition) is 3. The Kier molecular flexibility index (Phi) is 2.67. The third kappa shape index (κ3) is 2.04. The Labute approximate surface area is 110 Å². The number of benzene rings is 1. The monoisotopic (exact) mass is 262 g/mol. The Bertz CT molecular complexity index is 585. The van der Waals surface area contributed by atoms with Crippen LogP contribution in [0.15, 0.2) is 24.3 Å². The Morgan fingerprint density at radius 2 is 2.21 bits per heavy atom. The molecule has 0 radical (unpaired) electrons. The molecule has 2 atom stereocenters. The van der Waals surface area contributed by atoms with Gasteiger partial charge in [-0.2, -0.15) is 0 Å². The van der Waals surface area contributed by atoms with Crippen molar-refractivity contribution >= 4 is 11.3 Å². The number of nitro benzene ring substituents is 1. The van der Waals surface area contributed by atoms with E-state index in [4.69, 9.17) is 5.73 Å². The Morgan fingerprint density at radius 1 is 1.47 bits per heavy atom. The number of halogens is 1. The summed E-state index contributed by atoms with van der Waals surface area (Å²) in [6, 6.07) is 3.95. The van der Waals surface area contributed by atoms with Crippen LogP contribution in [0.25, 0.3) is 5.57 Å². The fourth-order valence-corrected chi connectivity index (χ4v) is 2.93. The highest BCUT2D eigenvalue weighted by atomic mass is 19.1. The van der Waals surface area contributed by atoms with E-state index < -0.39 is 10.7 Å². The zero-order valence-corrected chi connectivity index (χ0v) is 10.4. The molecule has 19 heavy (non-hydrogen) atoms. The summed E-state index contributed by atoms with van der Waals surface area (Å²) in [5.41, 5.74) is 7.30. The number of nitrogens with two attached hydrogens (primary N) is 1. The number of rotatable bonds is 2. The van der Waals surface area contributed by atoms with Crippen LogP contribution < -0.4 is 5.73 Å². The zero-order chi connectivity index (χ0) is 13.6. The van der Waals surface area contributed by atoms with E-state index in [-0.39, 0.29) is 17.1 Å². The van der Waals surface area contributed by atoms with E-state index in [1.54, 1.807) is 0 Å². The largest absolute Gasteiger partial charge is 0.327 e. The van der Waals surface area contributed by atoms with Crippen LogP contribution >= 0.6 is 0 Å².